The number of benzene rings is 2. The number of amides is 2. The summed E-state index contributed by atoms with van der Waals surface area (Å²) in [6, 6.07) is 10.5. The molecule has 0 aromatic heterocycles. The number of nitrogens with zero attached hydrogens (tertiary/aromatic N) is 1. The highest BCUT2D eigenvalue weighted by atomic mass is 19.1. The average molecular weight is 314 g/mol. The first-order valence-electron chi connectivity index (χ1n) is 7.15. The van der Waals surface area contributed by atoms with E-state index < -0.39 is 5.82 Å². The Morgan fingerprint density at radius 2 is 2.09 bits per heavy atom. The van der Waals surface area contributed by atoms with E-state index in [1.807, 2.05) is 0 Å². The molecular weight excluding hydrogens is 299 g/mol. The average Bonchev–Trinajstić information content (AvgIpc) is 2.67. The lowest BCUT2D eigenvalue weighted by atomic mass is 10.1. The molecule has 0 aliphatic carbocycles. The van der Waals surface area contributed by atoms with Crippen molar-refractivity contribution in [3.63, 3.8) is 0 Å². The van der Waals surface area contributed by atoms with E-state index in [9.17, 15) is 14.0 Å². The monoisotopic (exact) mass is 314 g/mol. The zero-order valence-electron chi connectivity index (χ0n) is 12.5. The summed E-state index contributed by atoms with van der Waals surface area (Å²) in [5, 5.41) is 2.62. The van der Waals surface area contributed by atoms with Gasteiger partial charge in [0.05, 0.1) is 18.7 Å². The Morgan fingerprint density at radius 1 is 1.26 bits per heavy atom. The van der Waals surface area contributed by atoms with Gasteiger partial charge in [-0.3, -0.25) is 9.59 Å². The van der Waals surface area contributed by atoms with Gasteiger partial charge >= 0.3 is 0 Å². The fraction of sp³-hybridized carbons (Fsp3) is 0.176. The van der Waals surface area contributed by atoms with Gasteiger partial charge in [0.15, 0.2) is 0 Å². The maximum Gasteiger partial charge on any atom is 0.255 e. The summed E-state index contributed by atoms with van der Waals surface area (Å²) < 4.78 is 18.7. The second-order valence-corrected chi connectivity index (χ2v) is 5.20. The molecule has 0 radical (unpaired) electrons. The number of carbonyl (C=O) groups is 2. The first-order chi connectivity index (χ1) is 11.0. The van der Waals surface area contributed by atoms with Crippen LogP contribution in [0.1, 0.15) is 16.8 Å². The van der Waals surface area contributed by atoms with Crippen LogP contribution in [0.3, 0.4) is 0 Å². The molecule has 0 fully saturated rings. The lowest BCUT2D eigenvalue weighted by Crippen LogP contribution is -2.25. The molecule has 6 heteroatoms. The van der Waals surface area contributed by atoms with Crippen LogP contribution in [0.4, 0.5) is 15.8 Å². The molecule has 0 saturated carbocycles. The van der Waals surface area contributed by atoms with Gasteiger partial charge < -0.3 is 15.0 Å². The molecule has 0 saturated heterocycles. The molecule has 2 amide bonds. The zero-order chi connectivity index (χ0) is 16.4. The number of fused-ring (bicyclic) bond motifs is 1. The first kappa shape index (κ1) is 15.0. The molecule has 5 nitrogen and oxygen atoms in total. The van der Waals surface area contributed by atoms with Crippen LogP contribution < -0.4 is 15.0 Å². The maximum atomic E-state index is 13.2. The van der Waals surface area contributed by atoms with Crippen molar-refractivity contribution in [2.24, 2.45) is 0 Å². The minimum absolute atomic E-state index is 0.0774. The van der Waals surface area contributed by atoms with Crippen molar-refractivity contribution >= 4 is 23.2 Å². The minimum atomic E-state index is -0.427. The van der Waals surface area contributed by atoms with E-state index in [1.165, 1.54) is 23.1 Å². The van der Waals surface area contributed by atoms with Crippen molar-refractivity contribution in [2.75, 3.05) is 23.9 Å². The van der Waals surface area contributed by atoms with Crippen molar-refractivity contribution in [3.05, 3.63) is 53.8 Å². The Hall–Kier alpha value is -2.89. The topological polar surface area (TPSA) is 58.6 Å². The van der Waals surface area contributed by atoms with Crippen LogP contribution in [-0.2, 0) is 4.79 Å². The molecule has 2 aromatic rings. The number of rotatable bonds is 2. The van der Waals surface area contributed by atoms with E-state index in [4.69, 9.17) is 4.74 Å². The van der Waals surface area contributed by atoms with Gasteiger partial charge in [0.2, 0.25) is 5.91 Å². The Kier molecular flexibility index (Phi) is 3.97. The molecule has 0 atom stereocenters. The number of carbonyl (C=O) groups excluding carboxylic acids is 2. The lowest BCUT2D eigenvalue weighted by Gasteiger charge is -2.17. The van der Waals surface area contributed by atoms with Crippen LogP contribution in [0.5, 0.6) is 5.75 Å². The summed E-state index contributed by atoms with van der Waals surface area (Å²) >= 11 is 0. The third-order valence-corrected chi connectivity index (χ3v) is 3.61. The molecule has 23 heavy (non-hydrogen) atoms. The Labute approximate surface area is 132 Å². The Balaban J connectivity index is 1.87. The maximum absolute atomic E-state index is 13.2. The van der Waals surface area contributed by atoms with Crippen LogP contribution in [0.25, 0.3) is 0 Å². The molecule has 0 unspecified atom stereocenters. The van der Waals surface area contributed by atoms with Gasteiger partial charge in [-0.15, -0.1) is 0 Å². The number of ether oxygens (including phenoxy) is 1. The number of hydrogen-bond donors (Lipinski definition) is 1. The highest BCUT2D eigenvalue weighted by molar-refractivity contribution is 6.06. The second-order valence-electron chi connectivity index (χ2n) is 5.20. The van der Waals surface area contributed by atoms with Gasteiger partial charge in [0, 0.05) is 18.3 Å². The number of anilines is 2. The molecule has 0 spiro atoms. The fourth-order valence-corrected chi connectivity index (χ4v) is 2.36. The van der Waals surface area contributed by atoms with E-state index in [2.05, 4.69) is 5.32 Å². The smallest absolute Gasteiger partial charge is 0.255 e. The molecular formula is C17H15FN2O3. The van der Waals surface area contributed by atoms with Crippen LogP contribution >= 0.6 is 0 Å². The van der Waals surface area contributed by atoms with Crippen LogP contribution in [0.15, 0.2) is 42.5 Å². The normalized spacial score (nSPS) is 13.8. The number of halogens is 1. The molecule has 3 rings (SSSR count). The van der Waals surface area contributed by atoms with Crippen molar-refractivity contribution in [1.29, 1.82) is 0 Å². The molecule has 1 aliphatic rings. The molecule has 1 aliphatic heterocycles. The van der Waals surface area contributed by atoms with Gasteiger partial charge in [-0.1, -0.05) is 6.07 Å². The molecule has 2 aromatic carbocycles. The second kappa shape index (κ2) is 6.08. The SMILES string of the molecule is CN1C(=O)CCOc2ccc(C(=O)Nc3cccc(F)c3)cc21. The highest BCUT2D eigenvalue weighted by Gasteiger charge is 2.21. The van der Waals surface area contributed by atoms with Crippen molar-refractivity contribution in [3.8, 4) is 5.75 Å². The summed E-state index contributed by atoms with van der Waals surface area (Å²) in [5.41, 5.74) is 1.27. The summed E-state index contributed by atoms with van der Waals surface area (Å²) in [6.07, 6.45) is 0.288. The quantitative estimate of drug-likeness (QED) is 0.927. The fourth-order valence-electron chi connectivity index (χ4n) is 2.36. The summed E-state index contributed by atoms with van der Waals surface area (Å²) in [5.74, 6) is -0.334. The van der Waals surface area contributed by atoms with E-state index in [0.717, 1.165) is 0 Å². The number of nitrogens with one attached hydrogen (secondary N) is 1. The Morgan fingerprint density at radius 3 is 2.87 bits per heavy atom. The zero-order valence-corrected chi connectivity index (χ0v) is 12.5. The third kappa shape index (κ3) is 3.15. The third-order valence-electron chi connectivity index (χ3n) is 3.61. The standard InChI is InChI=1S/C17H15FN2O3/c1-20-14-9-11(5-6-15(14)23-8-7-16(20)21)17(22)19-13-4-2-3-12(18)10-13/h2-6,9-10H,7-8H2,1H3,(H,19,22). The van der Waals surface area contributed by atoms with E-state index in [0.29, 0.717) is 29.3 Å². The lowest BCUT2D eigenvalue weighted by molar-refractivity contribution is -0.118. The predicted octanol–water partition coefficient (Wildman–Crippen LogP) is 2.82. The highest BCUT2D eigenvalue weighted by Crippen LogP contribution is 2.31. The van der Waals surface area contributed by atoms with Gasteiger partial charge in [-0.25, -0.2) is 4.39 Å². The molecule has 118 valence electrons. The van der Waals surface area contributed by atoms with Crippen molar-refractivity contribution in [2.45, 2.75) is 6.42 Å². The Bertz CT molecular complexity index is 776. The van der Waals surface area contributed by atoms with Crippen LogP contribution in [0, 0.1) is 5.82 Å². The largest absolute Gasteiger partial charge is 0.491 e. The van der Waals surface area contributed by atoms with Gasteiger partial charge in [0.1, 0.15) is 11.6 Å². The molecule has 1 N–H and O–H groups in total. The van der Waals surface area contributed by atoms with Crippen LogP contribution in [-0.4, -0.2) is 25.5 Å². The molecule has 1 heterocycles. The number of hydrogen-bond acceptors (Lipinski definition) is 3. The van der Waals surface area contributed by atoms with E-state index in [-0.39, 0.29) is 18.2 Å². The first-order valence-corrected chi connectivity index (χ1v) is 7.15. The summed E-state index contributed by atoms with van der Waals surface area (Å²) in [4.78, 5) is 25.7. The summed E-state index contributed by atoms with van der Waals surface area (Å²) in [7, 11) is 1.64. The van der Waals surface area contributed by atoms with Crippen molar-refractivity contribution < 1.29 is 18.7 Å². The minimum Gasteiger partial charge on any atom is -0.491 e. The van der Waals surface area contributed by atoms with Crippen LogP contribution in [0.2, 0.25) is 0 Å². The van der Waals surface area contributed by atoms with Crippen molar-refractivity contribution in [1.82, 2.24) is 0 Å². The van der Waals surface area contributed by atoms with Gasteiger partial charge in [0.25, 0.3) is 5.91 Å². The van der Waals surface area contributed by atoms with Gasteiger partial charge in [-0.05, 0) is 36.4 Å². The molecule has 0 bridgehead atoms. The summed E-state index contributed by atoms with van der Waals surface area (Å²) in [6.45, 7) is 0.311. The van der Waals surface area contributed by atoms with E-state index in [1.54, 1.807) is 31.3 Å². The van der Waals surface area contributed by atoms with Gasteiger partial charge in [-0.2, -0.15) is 0 Å². The predicted molar refractivity (Wildman–Crippen MR) is 84.3 cm³/mol. The van der Waals surface area contributed by atoms with E-state index >= 15 is 0 Å².